The smallest absolute Gasteiger partial charge is 0.381 e. The maximum absolute atomic E-state index is 11.9. The molecule has 0 aliphatic carbocycles. The van der Waals surface area contributed by atoms with E-state index < -0.39 is 18.6 Å². The van der Waals surface area contributed by atoms with Crippen molar-refractivity contribution in [3.8, 4) is 0 Å². The second-order valence-corrected chi connectivity index (χ2v) is 3.43. The molecule has 1 aliphatic heterocycles. The minimum Gasteiger partial charge on any atom is -0.381 e. The molecule has 5 heteroatoms. The Balaban J connectivity index is 2.33. The summed E-state index contributed by atoms with van der Waals surface area (Å²) < 4.78 is 40.9. The summed E-state index contributed by atoms with van der Waals surface area (Å²) in [6, 6.07) is -0.760. The van der Waals surface area contributed by atoms with E-state index in [4.69, 9.17) is 10.5 Å². The minimum atomic E-state index is -4.14. The third kappa shape index (κ3) is 3.95. The van der Waals surface area contributed by atoms with Gasteiger partial charge in [-0.1, -0.05) is 0 Å². The van der Waals surface area contributed by atoms with E-state index in [9.17, 15) is 13.2 Å². The molecule has 0 spiro atoms. The fourth-order valence-corrected chi connectivity index (χ4v) is 1.58. The molecule has 1 saturated heterocycles. The molecular formula is C8H14F3NO. The van der Waals surface area contributed by atoms with Crippen LogP contribution in [0, 0.1) is 5.92 Å². The molecular weight excluding hydrogens is 183 g/mol. The highest BCUT2D eigenvalue weighted by atomic mass is 19.4. The zero-order valence-corrected chi connectivity index (χ0v) is 7.31. The largest absolute Gasteiger partial charge is 0.390 e. The van der Waals surface area contributed by atoms with Gasteiger partial charge in [-0.05, 0) is 18.8 Å². The molecule has 0 bridgehead atoms. The van der Waals surface area contributed by atoms with Gasteiger partial charge in [-0.25, -0.2) is 0 Å². The number of halogens is 3. The summed E-state index contributed by atoms with van der Waals surface area (Å²) in [6.45, 7) is 1.08. The fourth-order valence-electron chi connectivity index (χ4n) is 1.58. The zero-order valence-electron chi connectivity index (χ0n) is 7.31. The van der Waals surface area contributed by atoms with Crippen molar-refractivity contribution in [1.29, 1.82) is 0 Å². The number of nitrogens with two attached hydrogens (primary N) is 1. The Bertz CT molecular complexity index is 154. The summed E-state index contributed by atoms with van der Waals surface area (Å²) in [4.78, 5) is 0. The van der Waals surface area contributed by atoms with Gasteiger partial charge in [-0.3, -0.25) is 0 Å². The third-order valence-corrected chi connectivity index (χ3v) is 2.34. The SMILES string of the molecule is NC(CC(F)(F)F)C1CCOCC1. The zero-order chi connectivity index (χ0) is 9.90. The molecule has 1 atom stereocenters. The fraction of sp³-hybridized carbons (Fsp3) is 1.00. The first-order valence-corrected chi connectivity index (χ1v) is 4.39. The Kier molecular flexibility index (Phi) is 3.55. The molecule has 13 heavy (non-hydrogen) atoms. The number of rotatable bonds is 2. The monoisotopic (exact) mass is 197 g/mol. The van der Waals surface area contributed by atoms with Crippen molar-refractivity contribution in [1.82, 2.24) is 0 Å². The van der Waals surface area contributed by atoms with Gasteiger partial charge in [-0.2, -0.15) is 13.2 Å². The number of hydrogen-bond donors (Lipinski definition) is 1. The summed E-state index contributed by atoms with van der Waals surface area (Å²) >= 11 is 0. The molecule has 0 amide bonds. The Morgan fingerprint density at radius 2 is 1.85 bits per heavy atom. The second kappa shape index (κ2) is 4.28. The van der Waals surface area contributed by atoms with E-state index in [0.29, 0.717) is 26.1 Å². The van der Waals surface area contributed by atoms with Crippen LogP contribution < -0.4 is 5.73 Å². The maximum atomic E-state index is 11.9. The highest BCUT2D eigenvalue weighted by molar-refractivity contribution is 4.77. The molecule has 1 aliphatic rings. The van der Waals surface area contributed by atoms with E-state index in [-0.39, 0.29) is 5.92 Å². The average Bonchev–Trinajstić information content (AvgIpc) is 2.03. The lowest BCUT2D eigenvalue weighted by Gasteiger charge is -2.28. The van der Waals surface area contributed by atoms with Crippen LogP contribution in [-0.4, -0.2) is 25.4 Å². The summed E-state index contributed by atoms with van der Waals surface area (Å²) in [6.07, 6.45) is -3.72. The molecule has 2 N–H and O–H groups in total. The number of alkyl halides is 3. The predicted molar refractivity (Wildman–Crippen MR) is 42.2 cm³/mol. The highest BCUT2D eigenvalue weighted by Crippen LogP contribution is 2.27. The molecule has 0 saturated carbocycles. The van der Waals surface area contributed by atoms with Crippen LogP contribution in [0.15, 0.2) is 0 Å². The van der Waals surface area contributed by atoms with Gasteiger partial charge in [0.2, 0.25) is 0 Å². The first kappa shape index (κ1) is 10.8. The van der Waals surface area contributed by atoms with Crippen molar-refractivity contribution in [2.45, 2.75) is 31.5 Å². The quantitative estimate of drug-likeness (QED) is 0.731. The number of hydrogen-bond acceptors (Lipinski definition) is 2. The van der Waals surface area contributed by atoms with Crippen LogP contribution in [0.2, 0.25) is 0 Å². The van der Waals surface area contributed by atoms with Gasteiger partial charge in [0.25, 0.3) is 0 Å². The van der Waals surface area contributed by atoms with Gasteiger partial charge < -0.3 is 10.5 Å². The van der Waals surface area contributed by atoms with E-state index in [2.05, 4.69) is 0 Å². The van der Waals surface area contributed by atoms with Crippen molar-refractivity contribution in [3.63, 3.8) is 0 Å². The summed E-state index contributed by atoms with van der Waals surface area (Å²) in [5.74, 6) is -0.0321. The van der Waals surface area contributed by atoms with Crippen molar-refractivity contribution < 1.29 is 17.9 Å². The summed E-state index contributed by atoms with van der Waals surface area (Å²) in [5.41, 5.74) is 5.46. The first-order chi connectivity index (χ1) is 5.99. The molecule has 2 nitrogen and oxygen atoms in total. The predicted octanol–water partition coefficient (Wildman–Crippen LogP) is 1.69. The van der Waals surface area contributed by atoms with Crippen molar-refractivity contribution in [3.05, 3.63) is 0 Å². The average molecular weight is 197 g/mol. The normalized spacial score (nSPS) is 23.1. The maximum Gasteiger partial charge on any atom is 0.390 e. The van der Waals surface area contributed by atoms with Crippen molar-refractivity contribution in [2.75, 3.05) is 13.2 Å². The van der Waals surface area contributed by atoms with Gasteiger partial charge in [0.15, 0.2) is 0 Å². The molecule has 0 radical (unpaired) electrons. The Labute approximate surface area is 75.2 Å². The molecule has 1 rings (SSSR count). The molecule has 1 unspecified atom stereocenters. The lowest BCUT2D eigenvalue weighted by Crippen LogP contribution is -2.37. The van der Waals surface area contributed by atoms with Crippen LogP contribution >= 0.6 is 0 Å². The van der Waals surface area contributed by atoms with Gasteiger partial charge in [0, 0.05) is 19.3 Å². The van der Waals surface area contributed by atoms with E-state index in [1.165, 1.54) is 0 Å². The van der Waals surface area contributed by atoms with E-state index in [0.717, 1.165) is 0 Å². The lowest BCUT2D eigenvalue weighted by atomic mass is 9.90. The van der Waals surface area contributed by atoms with Gasteiger partial charge >= 0.3 is 6.18 Å². The topological polar surface area (TPSA) is 35.2 Å². The number of ether oxygens (including phenoxy) is 1. The second-order valence-electron chi connectivity index (χ2n) is 3.43. The van der Waals surface area contributed by atoms with E-state index in [1.54, 1.807) is 0 Å². The molecule has 1 fully saturated rings. The van der Waals surface area contributed by atoms with Gasteiger partial charge in [0.05, 0.1) is 6.42 Å². The van der Waals surface area contributed by atoms with Gasteiger partial charge in [0.1, 0.15) is 0 Å². The first-order valence-electron chi connectivity index (χ1n) is 4.39. The Morgan fingerprint density at radius 1 is 1.31 bits per heavy atom. The van der Waals surface area contributed by atoms with Crippen molar-refractivity contribution >= 4 is 0 Å². The summed E-state index contributed by atoms with van der Waals surface area (Å²) in [5, 5.41) is 0. The molecule has 0 aromatic carbocycles. The van der Waals surface area contributed by atoms with Crippen LogP contribution in [0.1, 0.15) is 19.3 Å². The standard InChI is InChI=1S/C8H14F3NO/c9-8(10,11)5-7(12)6-1-3-13-4-2-6/h6-7H,1-5,12H2. The van der Waals surface area contributed by atoms with E-state index >= 15 is 0 Å². The van der Waals surface area contributed by atoms with Crippen LogP contribution in [0.25, 0.3) is 0 Å². The van der Waals surface area contributed by atoms with Crippen molar-refractivity contribution in [2.24, 2.45) is 11.7 Å². The Hall–Kier alpha value is -0.290. The third-order valence-electron chi connectivity index (χ3n) is 2.34. The molecule has 0 aromatic rings. The molecule has 78 valence electrons. The van der Waals surface area contributed by atoms with Crippen LogP contribution in [0.3, 0.4) is 0 Å². The minimum absolute atomic E-state index is 0.0321. The van der Waals surface area contributed by atoms with Crippen LogP contribution in [0.4, 0.5) is 13.2 Å². The van der Waals surface area contributed by atoms with Crippen LogP contribution in [0.5, 0.6) is 0 Å². The van der Waals surface area contributed by atoms with Gasteiger partial charge in [-0.15, -0.1) is 0 Å². The van der Waals surface area contributed by atoms with E-state index in [1.807, 2.05) is 0 Å². The summed E-state index contributed by atoms with van der Waals surface area (Å²) in [7, 11) is 0. The lowest BCUT2D eigenvalue weighted by molar-refractivity contribution is -0.142. The Morgan fingerprint density at radius 3 is 2.31 bits per heavy atom. The molecule has 1 heterocycles. The molecule has 0 aromatic heterocycles. The van der Waals surface area contributed by atoms with Crippen LogP contribution in [-0.2, 0) is 4.74 Å². The highest BCUT2D eigenvalue weighted by Gasteiger charge is 2.34.